The zero-order valence-corrected chi connectivity index (χ0v) is 22.9. The molecule has 0 saturated heterocycles. The minimum atomic E-state index is -1.09. The number of carbonyl (C=O) groups is 2. The number of aryl methyl sites for hydroxylation is 1. The summed E-state index contributed by atoms with van der Waals surface area (Å²) >= 11 is 0. The van der Waals surface area contributed by atoms with E-state index < -0.39 is 36.9 Å². The third-order valence-electron chi connectivity index (χ3n) is 6.82. The molecule has 0 spiro atoms. The zero-order valence-electron chi connectivity index (χ0n) is 22.9. The minimum absolute atomic E-state index is 0.0503. The largest absolute Gasteiger partial charge is 0.461 e. The number of benzene rings is 2. The summed E-state index contributed by atoms with van der Waals surface area (Å²) < 4.78 is 48.2. The average Bonchev–Trinajstić information content (AvgIpc) is 3.46. The molecular formula is C28H27F3N8O3. The number of fused-ring (bicyclic) bond motifs is 1. The molecule has 1 aliphatic heterocycles. The van der Waals surface area contributed by atoms with E-state index >= 15 is 0 Å². The van der Waals surface area contributed by atoms with Crippen LogP contribution in [0.1, 0.15) is 27.6 Å². The molecule has 14 heteroatoms. The second kappa shape index (κ2) is 12.3. The average molecular weight is 581 g/mol. The topological polar surface area (TPSA) is 118 Å². The highest BCUT2D eigenvalue weighted by Crippen LogP contribution is 2.30. The molecule has 11 nitrogen and oxygen atoms in total. The predicted octanol–water partition coefficient (Wildman–Crippen LogP) is 3.04. The molecule has 1 N–H and O–H groups in total. The number of amides is 2. The third kappa shape index (κ3) is 6.22. The van der Waals surface area contributed by atoms with Crippen LogP contribution in [-0.4, -0.2) is 68.4 Å². The smallest absolute Gasteiger partial charge is 0.289 e. The van der Waals surface area contributed by atoms with Crippen molar-refractivity contribution in [3.63, 3.8) is 0 Å². The maximum absolute atomic E-state index is 14.3. The lowest BCUT2D eigenvalue weighted by Crippen LogP contribution is -2.39. The van der Waals surface area contributed by atoms with Crippen LogP contribution < -0.4 is 15.0 Å². The number of ether oxygens (including phenoxy) is 1. The number of alkyl halides is 1. The molecule has 2 aromatic heterocycles. The summed E-state index contributed by atoms with van der Waals surface area (Å²) in [6, 6.07) is 8.04. The summed E-state index contributed by atoms with van der Waals surface area (Å²) in [7, 11) is 1.48. The summed E-state index contributed by atoms with van der Waals surface area (Å²) in [5.74, 6) is -2.00. The van der Waals surface area contributed by atoms with Crippen LogP contribution >= 0.6 is 0 Å². The van der Waals surface area contributed by atoms with Crippen LogP contribution in [0.2, 0.25) is 0 Å². The molecule has 218 valence electrons. The molecule has 42 heavy (non-hydrogen) atoms. The number of carbonyl (C=O) groups excluding carboxylic acids is 2. The quantitative estimate of drug-likeness (QED) is 0.321. The number of likely N-dealkylation sites (N-methyl/N-ethyl adjacent to an activating group) is 1. The van der Waals surface area contributed by atoms with Gasteiger partial charge in [0, 0.05) is 31.9 Å². The van der Waals surface area contributed by atoms with Gasteiger partial charge in [-0.3, -0.25) is 14.5 Å². The third-order valence-corrected chi connectivity index (χ3v) is 6.82. The van der Waals surface area contributed by atoms with E-state index in [0.717, 1.165) is 36.1 Å². The molecule has 1 aliphatic rings. The van der Waals surface area contributed by atoms with Crippen molar-refractivity contribution < 1.29 is 27.5 Å². The summed E-state index contributed by atoms with van der Waals surface area (Å²) in [6.07, 6.45) is 2.83. The molecule has 2 aromatic carbocycles. The summed E-state index contributed by atoms with van der Waals surface area (Å²) in [5, 5.41) is 6.63. The number of hydrogen-bond acceptors (Lipinski definition) is 8. The van der Waals surface area contributed by atoms with Gasteiger partial charge in [-0.2, -0.15) is 5.10 Å². The molecule has 2 amide bonds. The van der Waals surface area contributed by atoms with Gasteiger partial charge in [-0.1, -0.05) is 6.07 Å². The van der Waals surface area contributed by atoms with Gasteiger partial charge in [0.25, 0.3) is 5.91 Å². The van der Waals surface area contributed by atoms with Crippen LogP contribution in [0.15, 0.2) is 48.9 Å². The highest BCUT2D eigenvalue weighted by atomic mass is 19.1. The van der Waals surface area contributed by atoms with E-state index in [4.69, 9.17) is 4.74 Å². The van der Waals surface area contributed by atoms with Gasteiger partial charge in [-0.15, -0.1) is 0 Å². The van der Waals surface area contributed by atoms with Crippen molar-refractivity contribution in [2.24, 2.45) is 0 Å². The Kier molecular flexibility index (Phi) is 8.43. The fraction of sp³-hybridized carbons (Fsp3) is 0.286. The molecule has 3 heterocycles. The number of nitrogens with one attached hydrogen (secondary N) is 1. The number of rotatable bonds is 9. The summed E-state index contributed by atoms with van der Waals surface area (Å²) in [6.45, 7) is 2.67. The van der Waals surface area contributed by atoms with Crippen molar-refractivity contribution in [2.75, 3.05) is 31.9 Å². The Bertz CT molecular complexity index is 1630. The molecule has 5 rings (SSSR count). The molecule has 0 atom stereocenters. The molecule has 0 aliphatic carbocycles. The van der Waals surface area contributed by atoms with Gasteiger partial charge >= 0.3 is 0 Å². The fourth-order valence-electron chi connectivity index (χ4n) is 4.60. The monoisotopic (exact) mass is 580 g/mol. The Labute approximate surface area is 239 Å². The van der Waals surface area contributed by atoms with E-state index in [9.17, 15) is 22.8 Å². The van der Waals surface area contributed by atoms with Crippen molar-refractivity contribution >= 4 is 17.5 Å². The van der Waals surface area contributed by atoms with Crippen molar-refractivity contribution in [2.45, 2.75) is 26.6 Å². The Hall–Kier alpha value is -4.85. The van der Waals surface area contributed by atoms with E-state index in [1.807, 2.05) is 4.68 Å². The maximum Gasteiger partial charge on any atom is 0.289 e. The van der Waals surface area contributed by atoms with E-state index in [0.29, 0.717) is 30.9 Å². The Morgan fingerprint density at radius 3 is 2.76 bits per heavy atom. The summed E-state index contributed by atoms with van der Waals surface area (Å²) in [4.78, 5) is 41.6. The van der Waals surface area contributed by atoms with Crippen LogP contribution in [0.3, 0.4) is 0 Å². The van der Waals surface area contributed by atoms with Crippen LogP contribution in [0.4, 0.5) is 18.9 Å². The molecule has 0 fully saturated rings. The lowest BCUT2D eigenvalue weighted by molar-refractivity contribution is -0.117. The Morgan fingerprint density at radius 1 is 1.12 bits per heavy atom. The van der Waals surface area contributed by atoms with Crippen molar-refractivity contribution in [1.29, 1.82) is 0 Å². The lowest BCUT2D eigenvalue weighted by atomic mass is 10.1. The number of hydrogen-bond donors (Lipinski definition) is 1. The van der Waals surface area contributed by atoms with Gasteiger partial charge < -0.3 is 15.0 Å². The molecule has 4 aromatic rings. The first-order chi connectivity index (χ1) is 20.2. The van der Waals surface area contributed by atoms with Crippen molar-refractivity contribution in [3.8, 4) is 17.0 Å². The van der Waals surface area contributed by atoms with Gasteiger partial charge in [0.15, 0.2) is 0 Å². The highest BCUT2D eigenvalue weighted by molar-refractivity contribution is 5.99. The van der Waals surface area contributed by atoms with E-state index in [2.05, 4.69) is 30.3 Å². The Morgan fingerprint density at radius 2 is 1.95 bits per heavy atom. The first-order valence-electron chi connectivity index (χ1n) is 13.0. The lowest BCUT2D eigenvalue weighted by Gasteiger charge is -2.27. The van der Waals surface area contributed by atoms with Crippen LogP contribution in [-0.2, 0) is 24.4 Å². The fourth-order valence-corrected chi connectivity index (χ4v) is 4.60. The van der Waals surface area contributed by atoms with Gasteiger partial charge in [-0.25, -0.2) is 32.8 Å². The molecule has 0 unspecified atom stereocenters. The first-order valence-corrected chi connectivity index (χ1v) is 13.0. The van der Waals surface area contributed by atoms with Crippen LogP contribution in [0.5, 0.6) is 5.75 Å². The van der Waals surface area contributed by atoms with Gasteiger partial charge in [0.1, 0.15) is 29.5 Å². The van der Waals surface area contributed by atoms with Crippen molar-refractivity contribution in [3.05, 3.63) is 83.3 Å². The number of aromatic nitrogens is 5. The molecule has 0 bridgehead atoms. The van der Waals surface area contributed by atoms with Gasteiger partial charge in [0.05, 0.1) is 31.0 Å². The second-order valence-corrected chi connectivity index (χ2v) is 9.65. The SMILES string of the molecule is Cc1cnc(C(=O)NCC(=O)N(C)c2cc(CN3CCn4ncnc4C3)ccc2OCF)nc1-c1cc(F)ccc1F. The molecule has 0 saturated carbocycles. The van der Waals surface area contributed by atoms with E-state index in [1.54, 1.807) is 25.1 Å². The Balaban J connectivity index is 1.27. The van der Waals surface area contributed by atoms with E-state index in [-0.39, 0.29) is 22.8 Å². The predicted molar refractivity (Wildman–Crippen MR) is 145 cm³/mol. The van der Waals surface area contributed by atoms with Crippen molar-refractivity contribution in [1.82, 2.24) is 34.9 Å². The number of nitrogens with zero attached hydrogens (tertiary/aromatic N) is 7. The first kappa shape index (κ1) is 28.7. The molecular weight excluding hydrogens is 553 g/mol. The number of anilines is 1. The van der Waals surface area contributed by atoms with Gasteiger partial charge in [-0.05, 0) is 48.4 Å². The zero-order chi connectivity index (χ0) is 29.8. The van der Waals surface area contributed by atoms with E-state index in [1.165, 1.54) is 24.5 Å². The number of halogens is 3. The van der Waals surface area contributed by atoms with Gasteiger partial charge in [0.2, 0.25) is 18.6 Å². The standard InChI is InChI=1S/C28H27F3N8O3/c1-17-11-32-27(36-26(17)20-10-19(30)4-5-21(20)31)28(41)33-12-25(40)37(2)22-9-18(3-6-23(22)42-15-29)13-38-7-8-39-24(14-38)34-16-35-39/h3-6,9-11,16H,7-8,12-15H2,1-2H3,(H,33,41). The minimum Gasteiger partial charge on any atom is -0.461 e. The molecule has 0 radical (unpaired) electrons. The second-order valence-electron chi connectivity index (χ2n) is 9.65. The van der Waals surface area contributed by atoms with Crippen LogP contribution in [0, 0.1) is 18.6 Å². The van der Waals surface area contributed by atoms with Crippen LogP contribution in [0.25, 0.3) is 11.3 Å². The summed E-state index contributed by atoms with van der Waals surface area (Å²) in [5.41, 5.74) is 1.54. The maximum atomic E-state index is 14.3. The highest BCUT2D eigenvalue weighted by Gasteiger charge is 2.22. The normalized spacial score (nSPS) is 13.0.